The first-order valence-electron chi connectivity index (χ1n) is 13.5. The Labute approximate surface area is 292 Å². The van der Waals surface area contributed by atoms with Gasteiger partial charge in [0.1, 0.15) is 0 Å². The van der Waals surface area contributed by atoms with Gasteiger partial charge in [-0.25, -0.2) is 0 Å². The number of aliphatic carboxylic acids is 6. The van der Waals surface area contributed by atoms with Crippen LogP contribution in [0.25, 0.3) is 0 Å². The summed E-state index contributed by atoms with van der Waals surface area (Å²) in [6.45, 7) is -5.58. The van der Waals surface area contributed by atoms with Crippen LogP contribution >= 0.6 is 0 Å². The van der Waals surface area contributed by atoms with Crippen LogP contribution in [0.2, 0.25) is 0 Å². The maximum absolute atomic E-state index is 12.3. The Bertz CT molecular complexity index is 930. The molecule has 47 heavy (non-hydrogen) atoms. The molecule has 23 heteroatoms. The number of carbonyl (C=O) groups excluding carboxylic acids is 3. The van der Waals surface area contributed by atoms with Gasteiger partial charge < -0.3 is 46.6 Å². The summed E-state index contributed by atoms with van der Waals surface area (Å²) in [7, 11) is 0. The molecule has 0 aromatic rings. The molecule has 0 aromatic heterocycles. The Morgan fingerprint density at radius 1 is 0.340 bits per heavy atom. The van der Waals surface area contributed by atoms with Crippen molar-refractivity contribution in [2.24, 2.45) is 0 Å². The van der Waals surface area contributed by atoms with E-state index in [4.69, 9.17) is 30.6 Å². The Kier molecular flexibility index (Phi) is 24.4. The van der Waals surface area contributed by atoms with E-state index in [0.29, 0.717) is 0 Å². The molecule has 0 saturated carbocycles. The first-order valence-corrected chi connectivity index (χ1v) is 13.5. The molecule has 0 rings (SSSR count). The average Bonchev–Trinajstić information content (AvgIpc) is 2.85. The first-order chi connectivity index (χ1) is 21.5. The molecule has 0 bridgehead atoms. The maximum atomic E-state index is 12.3. The minimum Gasteiger partial charge on any atom is -0.480 e. The van der Waals surface area contributed by atoms with Gasteiger partial charge >= 0.3 is 35.8 Å². The Morgan fingerprint density at radius 3 is 0.702 bits per heavy atom. The summed E-state index contributed by atoms with van der Waals surface area (Å²) in [5.74, 6) is -10.1. The van der Waals surface area contributed by atoms with Crippen molar-refractivity contribution in [1.29, 1.82) is 0 Å². The molecule has 0 saturated heterocycles. The van der Waals surface area contributed by atoms with Gasteiger partial charge in [0.2, 0.25) is 17.7 Å². The second-order valence-corrected chi connectivity index (χ2v) is 9.69. The van der Waals surface area contributed by atoms with Gasteiger partial charge in [0, 0.05) is 72.0 Å². The smallest absolute Gasteiger partial charge is 0.317 e. The fourth-order valence-corrected chi connectivity index (χ4v) is 3.82. The second kappa shape index (κ2) is 25.3. The van der Waals surface area contributed by atoms with Crippen LogP contribution in [-0.4, -0.2) is 202 Å². The Morgan fingerprint density at radius 2 is 0.532 bits per heavy atom. The summed E-state index contributed by atoms with van der Waals surface area (Å²) < 4.78 is 0. The van der Waals surface area contributed by atoms with Crippen LogP contribution in [0.5, 0.6) is 0 Å². The van der Waals surface area contributed by atoms with E-state index in [1.165, 1.54) is 0 Å². The van der Waals surface area contributed by atoms with E-state index in [1.807, 2.05) is 0 Å². The van der Waals surface area contributed by atoms with Crippen molar-refractivity contribution < 1.29 is 106 Å². The normalized spacial score (nSPS) is 10.7. The molecular formula is C24H39N7O15Y. The molecule has 0 aliphatic heterocycles. The van der Waals surface area contributed by atoms with Gasteiger partial charge in [0.15, 0.2) is 0 Å². The number of nitrogens with one attached hydrogen (secondary N) is 3. The molecule has 0 heterocycles. The van der Waals surface area contributed by atoms with Crippen LogP contribution in [-0.2, 0) is 75.9 Å². The fourth-order valence-electron chi connectivity index (χ4n) is 3.82. The summed E-state index contributed by atoms with van der Waals surface area (Å²) >= 11 is 0. The number of amides is 3. The number of hydrogen-bond acceptors (Lipinski definition) is 13. The number of carboxylic acid groups (broad SMARTS) is 6. The van der Waals surface area contributed by atoms with Crippen LogP contribution in [0.1, 0.15) is 0 Å². The predicted molar refractivity (Wildman–Crippen MR) is 151 cm³/mol. The summed E-state index contributed by atoms with van der Waals surface area (Å²) in [5, 5.41) is 60.9. The van der Waals surface area contributed by atoms with Gasteiger partial charge in [-0.05, 0) is 0 Å². The van der Waals surface area contributed by atoms with Gasteiger partial charge in [-0.15, -0.1) is 0 Å². The van der Waals surface area contributed by atoms with Gasteiger partial charge in [-0.2, -0.15) is 0 Å². The molecule has 263 valence electrons. The molecule has 3 amide bonds. The second-order valence-electron chi connectivity index (χ2n) is 9.69. The van der Waals surface area contributed by atoms with Crippen molar-refractivity contribution in [2.45, 2.75) is 0 Å². The molecule has 9 N–H and O–H groups in total. The van der Waals surface area contributed by atoms with Crippen molar-refractivity contribution in [2.75, 3.05) is 98.2 Å². The monoisotopic (exact) mass is 755 g/mol. The SMILES string of the molecule is O=C(O)CN(CC(=O)O)CC(=O)NCCN(CCNC(=O)CN(CC(=O)O)CC(=O)O)CCNC(=O)CN(CC(=O)O)CC(=O)O.[90Y]. The number of carboxylic acids is 6. The fraction of sp³-hybridized carbons (Fsp3) is 0.625. The quantitative estimate of drug-likeness (QED) is 0.0377. The Balaban J connectivity index is 0. The number of nitrogens with zero attached hydrogens (tertiary/aromatic N) is 4. The van der Waals surface area contributed by atoms with E-state index < -0.39 is 112 Å². The van der Waals surface area contributed by atoms with E-state index >= 15 is 0 Å². The first kappa shape index (κ1) is 45.3. The molecule has 0 spiro atoms. The molecule has 0 unspecified atom stereocenters. The van der Waals surface area contributed by atoms with Crippen molar-refractivity contribution in [1.82, 2.24) is 35.6 Å². The van der Waals surface area contributed by atoms with E-state index in [0.717, 1.165) is 14.7 Å². The van der Waals surface area contributed by atoms with E-state index in [2.05, 4.69) is 16.0 Å². The van der Waals surface area contributed by atoms with Crippen LogP contribution in [0.15, 0.2) is 0 Å². The zero-order valence-electron chi connectivity index (χ0n) is 25.3. The van der Waals surface area contributed by atoms with E-state index in [1.54, 1.807) is 4.90 Å². The number of hydrogen-bond donors (Lipinski definition) is 9. The topological polar surface area (TPSA) is 324 Å². The third-order valence-corrected chi connectivity index (χ3v) is 5.51. The summed E-state index contributed by atoms with van der Waals surface area (Å²) in [5.41, 5.74) is 0. The Hall–Kier alpha value is -3.83. The maximum Gasteiger partial charge on any atom is 0.317 e. The summed E-state index contributed by atoms with van der Waals surface area (Å²) in [6, 6.07) is 0. The van der Waals surface area contributed by atoms with E-state index in [-0.39, 0.29) is 72.0 Å². The molecule has 0 fully saturated rings. The largest absolute Gasteiger partial charge is 0.480 e. The molecule has 0 aliphatic carbocycles. The third kappa shape index (κ3) is 27.0. The van der Waals surface area contributed by atoms with Crippen molar-refractivity contribution >= 4 is 53.5 Å². The predicted octanol–water partition coefficient (Wildman–Crippen LogP) is -5.95. The van der Waals surface area contributed by atoms with Gasteiger partial charge in [-0.1, -0.05) is 0 Å². The van der Waals surface area contributed by atoms with Gasteiger partial charge in [0.05, 0.1) is 58.9 Å². The molecule has 0 atom stereocenters. The third-order valence-electron chi connectivity index (χ3n) is 5.51. The van der Waals surface area contributed by atoms with Crippen LogP contribution < -0.4 is 16.0 Å². The summed E-state index contributed by atoms with van der Waals surface area (Å²) in [6.07, 6.45) is 0. The molecule has 0 aromatic carbocycles. The summed E-state index contributed by atoms with van der Waals surface area (Å²) in [4.78, 5) is 107. The average molecular weight is 756 g/mol. The molecule has 22 nitrogen and oxygen atoms in total. The zero-order chi connectivity index (χ0) is 35.2. The van der Waals surface area contributed by atoms with E-state index in [9.17, 15) is 43.2 Å². The van der Waals surface area contributed by atoms with Crippen LogP contribution in [0.4, 0.5) is 0 Å². The minimum atomic E-state index is -1.34. The number of rotatable bonds is 27. The van der Waals surface area contributed by atoms with Crippen molar-refractivity contribution in [3.05, 3.63) is 0 Å². The number of carbonyl (C=O) groups is 9. The van der Waals surface area contributed by atoms with Crippen LogP contribution in [0.3, 0.4) is 0 Å². The van der Waals surface area contributed by atoms with Gasteiger partial charge in [0.25, 0.3) is 0 Å². The standard InChI is InChI=1S/C24H39N7O15.Y/c32-16(7-29(10-19(35)36)11-20(37)38)25-1-4-28(5-2-26-17(33)8-30(12-21(39)40)13-22(41)42)6-3-27-18(34)9-31(14-23(43)44)15-24(45)46;/h1-15H2,(H,25,32)(H,26,33)(H,27,34)(H,35,36)(H,37,38)(H,39,40)(H,41,42)(H,43,44)(H,45,46);/i;1+1. The van der Waals surface area contributed by atoms with Crippen molar-refractivity contribution in [3.8, 4) is 0 Å². The molecule has 0 aliphatic rings. The van der Waals surface area contributed by atoms with Crippen LogP contribution in [0, 0.1) is 0 Å². The van der Waals surface area contributed by atoms with Gasteiger partial charge in [-0.3, -0.25) is 62.8 Å². The minimum absolute atomic E-state index is 0. The zero-order valence-corrected chi connectivity index (χ0v) is 28.2. The van der Waals surface area contributed by atoms with Crippen molar-refractivity contribution in [3.63, 3.8) is 0 Å². The molecule has 1 radical (unpaired) electrons. The molecular weight excluding hydrogens is 716 g/mol.